The highest BCUT2D eigenvalue weighted by atomic mass is 32.2. The first-order valence-corrected chi connectivity index (χ1v) is 8.60. The molecule has 118 valence electrons. The van der Waals surface area contributed by atoms with Gasteiger partial charge in [-0.3, -0.25) is 0 Å². The number of ether oxygens (including phenoxy) is 1. The third kappa shape index (κ3) is 3.29. The molecule has 6 heteroatoms. The minimum atomic E-state index is -3.64. The van der Waals surface area contributed by atoms with E-state index in [2.05, 4.69) is 0 Å². The zero-order chi connectivity index (χ0) is 15.6. The van der Waals surface area contributed by atoms with Crippen molar-refractivity contribution in [1.82, 2.24) is 4.31 Å². The Morgan fingerprint density at radius 3 is 2.43 bits per heavy atom. The molecule has 0 radical (unpaired) electrons. The van der Waals surface area contributed by atoms with Crippen LogP contribution in [0.3, 0.4) is 0 Å². The van der Waals surface area contributed by atoms with Crippen molar-refractivity contribution in [3.63, 3.8) is 0 Å². The van der Waals surface area contributed by atoms with Crippen LogP contribution in [0.2, 0.25) is 0 Å². The number of nitrogens with zero attached hydrogens (tertiary/aromatic N) is 1. The second kappa shape index (κ2) is 6.44. The average molecular weight is 313 g/mol. The van der Waals surface area contributed by atoms with Gasteiger partial charge in [0.25, 0.3) is 0 Å². The van der Waals surface area contributed by atoms with E-state index in [1.165, 1.54) is 4.31 Å². The Morgan fingerprint density at radius 1 is 1.29 bits per heavy atom. The molecule has 1 heterocycles. The molecule has 0 unspecified atom stereocenters. The summed E-state index contributed by atoms with van der Waals surface area (Å²) in [6.07, 6.45) is 0. The van der Waals surface area contributed by atoms with Gasteiger partial charge in [0.15, 0.2) is 0 Å². The minimum absolute atomic E-state index is 0.111. The first kappa shape index (κ1) is 16.4. The summed E-state index contributed by atoms with van der Waals surface area (Å²) < 4.78 is 32.8. The molecule has 0 saturated carbocycles. The Bertz CT molecular complexity index is 568. The van der Waals surface area contributed by atoms with Crippen molar-refractivity contribution in [3.8, 4) is 0 Å². The quantitative estimate of drug-likeness (QED) is 0.912. The van der Waals surface area contributed by atoms with Crippen molar-refractivity contribution in [2.45, 2.75) is 37.8 Å². The van der Waals surface area contributed by atoms with E-state index < -0.39 is 16.1 Å². The number of aryl methyl sites for hydroxylation is 1. The van der Waals surface area contributed by atoms with Crippen LogP contribution in [0, 0.1) is 12.8 Å². The van der Waals surface area contributed by atoms with E-state index in [0.717, 1.165) is 5.56 Å². The Labute approximate surface area is 126 Å². The van der Waals surface area contributed by atoms with E-state index in [4.69, 9.17) is 4.74 Å². The molecule has 1 saturated heterocycles. The predicted molar refractivity (Wildman–Crippen MR) is 80.5 cm³/mol. The molecule has 1 aromatic carbocycles. The molecule has 1 aliphatic rings. The topological polar surface area (TPSA) is 66.8 Å². The van der Waals surface area contributed by atoms with Crippen molar-refractivity contribution < 1.29 is 18.3 Å². The standard InChI is InChI=1S/C15H23NO4S/c1-11(2)15-10-20-9-13(8-17)16(15)21(18,19)14-6-4-12(3)5-7-14/h4-7,11,13,15,17H,8-10H2,1-3H3/t13-,15-/m1/s1. The van der Waals surface area contributed by atoms with Crippen molar-refractivity contribution in [1.29, 1.82) is 0 Å². The van der Waals surface area contributed by atoms with Gasteiger partial charge in [0.2, 0.25) is 10.0 Å². The molecule has 2 atom stereocenters. The van der Waals surface area contributed by atoms with Gasteiger partial charge in [-0.2, -0.15) is 4.31 Å². The zero-order valence-corrected chi connectivity index (χ0v) is 13.5. The Hall–Kier alpha value is -0.950. The van der Waals surface area contributed by atoms with Crippen LogP contribution in [0.25, 0.3) is 0 Å². The second-order valence-electron chi connectivity index (χ2n) is 5.83. The summed E-state index contributed by atoms with van der Waals surface area (Å²) in [4.78, 5) is 0.263. The summed E-state index contributed by atoms with van der Waals surface area (Å²) in [5, 5.41) is 9.53. The van der Waals surface area contributed by atoms with Crippen molar-refractivity contribution in [3.05, 3.63) is 29.8 Å². The fourth-order valence-corrected chi connectivity index (χ4v) is 4.47. The maximum absolute atomic E-state index is 12.9. The lowest BCUT2D eigenvalue weighted by Crippen LogP contribution is -2.57. The van der Waals surface area contributed by atoms with Gasteiger partial charge in [0.1, 0.15) is 0 Å². The summed E-state index contributed by atoms with van der Waals surface area (Å²) in [5.41, 5.74) is 1.01. The Kier molecular flexibility index (Phi) is 5.03. The van der Waals surface area contributed by atoms with Gasteiger partial charge in [-0.15, -0.1) is 0 Å². The van der Waals surface area contributed by atoms with E-state index >= 15 is 0 Å². The molecule has 1 aromatic rings. The SMILES string of the molecule is Cc1ccc(S(=O)(=O)N2[C@H](CO)COC[C@@H]2C(C)C)cc1. The van der Waals surface area contributed by atoms with Gasteiger partial charge in [-0.1, -0.05) is 31.5 Å². The van der Waals surface area contributed by atoms with Crippen molar-refractivity contribution in [2.75, 3.05) is 19.8 Å². The van der Waals surface area contributed by atoms with Gasteiger partial charge in [0, 0.05) is 0 Å². The lowest BCUT2D eigenvalue weighted by molar-refractivity contribution is -0.0368. The van der Waals surface area contributed by atoms with E-state index in [1.807, 2.05) is 20.8 Å². The number of aliphatic hydroxyl groups excluding tert-OH is 1. The maximum atomic E-state index is 12.9. The Morgan fingerprint density at radius 2 is 1.90 bits per heavy atom. The molecule has 5 nitrogen and oxygen atoms in total. The number of sulfonamides is 1. The summed E-state index contributed by atoms with van der Waals surface area (Å²) in [6.45, 7) is 6.19. The van der Waals surface area contributed by atoms with Gasteiger partial charge in [0.05, 0.1) is 36.8 Å². The molecular formula is C15H23NO4S. The van der Waals surface area contributed by atoms with Crippen LogP contribution in [0.1, 0.15) is 19.4 Å². The third-order valence-electron chi connectivity index (χ3n) is 3.86. The highest BCUT2D eigenvalue weighted by Gasteiger charge is 2.41. The predicted octanol–water partition coefficient (Wildman–Crippen LogP) is 1.40. The molecule has 21 heavy (non-hydrogen) atoms. The summed E-state index contributed by atoms with van der Waals surface area (Å²) in [6, 6.07) is 6.01. The first-order valence-electron chi connectivity index (χ1n) is 7.16. The monoisotopic (exact) mass is 313 g/mol. The van der Waals surface area contributed by atoms with E-state index in [0.29, 0.717) is 6.61 Å². The summed E-state index contributed by atoms with van der Waals surface area (Å²) in [7, 11) is -3.64. The fourth-order valence-electron chi connectivity index (χ4n) is 2.57. The molecule has 0 spiro atoms. The largest absolute Gasteiger partial charge is 0.395 e. The molecule has 0 aliphatic carbocycles. The molecule has 0 aromatic heterocycles. The molecule has 0 bridgehead atoms. The smallest absolute Gasteiger partial charge is 0.243 e. The number of hydrogen-bond donors (Lipinski definition) is 1. The van der Waals surface area contributed by atoms with Crippen molar-refractivity contribution >= 4 is 10.0 Å². The Balaban J connectivity index is 2.44. The highest BCUT2D eigenvalue weighted by molar-refractivity contribution is 7.89. The van der Waals surface area contributed by atoms with E-state index in [-0.39, 0.29) is 30.1 Å². The van der Waals surface area contributed by atoms with Crippen molar-refractivity contribution in [2.24, 2.45) is 5.92 Å². The number of benzene rings is 1. The van der Waals surface area contributed by atoms with Crippen LogP contribution >= 0.6 is 0 Å². The lowest BCUT2D eigenvalue weighted by atomic mass is 10.0. The number of aliphatic hydroxyl groups is 1. The molecule has 1 N–H and O–H groups in total. The number of morpholine rings is 1. The average Bonchev–Trinajstić information content (AvgIpc) is 2.46. The summed E-state index contributed by atoms with van der Waals surface area (Å²) >= 11 is 0. The maximum Gasteiger partial charge on any atom is 0.243 e. The number of hydrogen-bond acceptors (Lipinski definition) is 4. The van der Waals surface area contributed by atoms with Gasteiger partial charge in [-0.05, 0) is 25.0 Å². The summed E-state index contributed by atoms with van der Waals surface area (Å²) in [5.74, 6) is 0.111. The number of rotatable bonds is 4. The fraction of sp³-hybridized carbons (Fsp3) is 0.600. The molecule has 1 fully saturated rings. The van der Waals surface area contributed by atoms with Crippen LogP contribution in [-0.2, 0) is 14.8 Å². The zero-order valence-electron chi connectivity index (χ0n) is 12.7. The van der Waals surface area contributed by atoms with Crippen LogP contribution in [0.5, 0.6) is 0 Å². The molecule has 0 amide bonds. The first-order chi connectivity index (χ1) is 9.87. The third-order valence-corrected chi connectivity index (χ3v) is 5.85. The van der Waals surface area contributed by atoms with Crippen LogP contribution in [-0.4, -0.2) is 49.7 Å². The van der Waals surface area contributed by atoms with Gasteiger partial charge in [-0.25, -0.2) is 8.42 Å². The van der Waals surface area contributed by atoms with Gasteiger partial charge >= 0.3 is 0 Å². The van der Waals surface area contributed by atoms with Crippen LogP contribution in [0.15, 0.2) is 29.2 Å². The van der Waals surface area contributed by atoms with Crippen LogP contribution in [0.4, 0.5) is 0 Å². The van der Waals surface area contributed by atoms with E-state index in [9.17, 15) is 13.5 Å². The second-order valence-corrected chi connectivity index (χ2v) is 7.68. The van der Waals surface area contributed by atoms with Gasteiger partial charge < -0.3 is 9.84 Å². The van der Waals surface area contributed by atoms with E-state index in [1.54, 1.807) is 24.3 Å². The molecular weight excluding hydrogens is 290 g/mol. The lowest BCUT2D eigenvalue weighted by Gasteiger charge is -2.41. The normalized spacial score (nSPS) is 24.4. The minimum Gasteiger partial charge on any atom is -0.395 e. The van der Waals surface area contributed by atoms with Crippen LogP contribution < -0.4 is 0 Å². The highest BCUT2D eigenvalue weighted by Crippen LogP contribution is 2.28. The molecule has 1 aliphatic heterocycles. The molecule has 2 rings (SSSR count).